The molecule has 0 aromatic heterocycles. The van der Waals surface area contributed by atoms with Crippen molar-refractivity contribution in [3.8, 4) is 5.75 Å². The Morgan fingerprint density at radius 1 is 1.41 bits per heavy atom. The van der Waals surface area contributed by atoms with E-state index in [1.54, 1.807) is 18.4 Å². The lowest BCUT2D eigenvalue weighted by Crippen LogP contribution is -2.43. The lowest BCUT2D eigenvalue weighted by molar-refractivity contribution is 0.229. The molecule has 2 N–H and O–H groups in total. The number of halogens is 1. The van der Waals surface area contributed by atoms with Gasteiger partial charge in [-0.3, -0.25) is 4.90 Å². The molecule has 17 heavy (non-hydrogen) atoms. The number of phenols is 1. The zero-order valence-corrected chi connectivity index (χ0v) is 10.7. The SMILES string of the molecule is CSc1c(O)ccc(CN2CCNCC2)c1F. The second kappa shape index (κ2) is 5.71. The second-order valence-corrected chi connectivity index (χ2v) is 4.93. The Hall–Kier alpha value is -0.780. The highest BCUT2D eigenvalue weighted by Gasteiger charge is 2.16. The fraction of sp³-hybridized carbons (Fsp3) is 0.500. The molecule has 0 aliphatic carbocycles. The molecule has 0 spiro atoms. The van der Waals surface area contributed by atoms with Crippen LogP contribution in [0.1, 0.15) is 5.56 Å². The van der Waals surface area contributed by atoms with Crippen molar-refractivity contribution in [2.75, 3.05) is 32.4 Å². The minimum atomic E-state index is -0.281. The smallest absolute Gasteiger partial charge is 0.144 e. The van der Waals surface area contributed by atoms with E-state index in [1.807, 2.05) is 0 Å². The van der Waals surface area contributed by atoms with Crippen LogP contribution in [-0.4, -0.2) is 42.4 Å². The third-order valence-corrected chi connectivity index (χ3v) is 3.76. The van der Waals surface area contributed by atoms with Crippen molar-refractivity contribution in [1.29, 1.82) is 0 Å². The van der Waals surface area contributed by atoms with E-state index in [4.69, 9.17) is 0 Å². The standard InChI is InChI=1S/C12H17FN2OS/c1-17-12-10(16)3-2-9(11(12)13)8-15-6-4-14-5-7-15/h2-3,14,16H,4-8H2,1H3. The van der Waals surface area contributed by atoms with Crippen molar-refractivity contribution >= 4 is 11.8 Å². The molecule has 3 nitrogen and oxygen atoms in total. The lowest BCUT2D eigenvalue weighted by atomic mass is 10.1. The van der Waals surface area contributed by atoms with Gasteiger partial charge in [-0.15, -0.1) is 11.8 Å². The van der Waals surface area contributed by atoms with Gasteiger partial charge >= 0.3 is 0 Å². The maximum absolute atomic E-state index is 14.1. The molecule has 1 heterocycles. The first kappa shape index (κ1) is 12.7. The van der Waals surface area contributed by atoms with Gasteiger partial charge in [-0.2, -0.15) is 0 Å². The summed E-state index contributed by atoms with van der Waals surface area (Å²) in [4.78, 5) is 2.56. The molecule has 0 amide bonds. The van der Waals surface area contributed by atoms with Crippen molar-refractivity contribution in [3.05, 3.63) is 23.5 Å². The van der Waals surface area contributed by atoms with Crippen molar-refractivity contribution < 1.29 is 9.50 Å². The lowest BCUT2D eigenvalue weighted by Gasteiger charge is -2.27. The summed E-state index contributed by atoms with van der Waals surface area (Å²) in [5.74, 6) is -0.255. The molecule has 0 bridgehead atoms. The van der Waals surface area contributed by atoms with Crippen molar-refractivity contribution in [2.24, 2.45) is 0 Å². The number of nitrogens with one attached hydrogen (secondary N) is 1. The average Bonchev–Trinajstić information content (AvgIpc) is 2.35. The normalized spacial score (nSPS) is 17.3. The van der Waals surface area contributed by atoms with Gasteiger partial charge in [0.2, 0.25) is 0 Å². The number of hydrogen-bond donors (Lipinski definition) is 2. The van der Waals surface area contributed by atoms with Gasteiger partial charge in [0.05, 0.1) is 4.90 Å². The van der Waals surface area contributed by atoms with Crippen LogP contribution in [0.2, 0.25) is 0 Å². The quantitative estimate of drug-likeness (QED) is 0.806. The fourth-order valence-electron chi connectivity index (χ4n) is 2.01. The van der Waals surface area contributed by atoms with E-state index in [-0.39, 0.29) is 11.6 Å². The van der Waals surface area contributed by atoms with Crippen LogP contribution in [0.25, 0.3) is 0 Å². The number of piperazine rings is 1. The summed E-state index contributed by atoms with van der Waals surface area (Å²) in [6.07, 6.45) is 1.77. The molecule has 1 aliphatic heterocycles. The molecule has 0 unspecified atom stereocenters. The van der Waals surface area contributed by atoms with Crippen LogP contribution >= 0.6 is 11.8 Å². The molecule has 2 rings (SSSR count). The number of rotatable bonds is 3. The minimum Gasteiger partial charge on any atom is -0.507 e. The van der Waals surface area contributed by atoms with Gasteiger partial charge in [0, 0.05) is 38.3 Å². The first-order valence-corrected chi connectivity index (χ1v) is 6.92. The highest BCUT2D eigenvalue weighted by molar-refractivity contribution is 7.98. The monoisotopic (exact) mass is 256 g/mol. The van der Waals surface area contributed by atoms with Crippen molar-refractivity contribution in [1.82, 2.24) is 10.2 Å². The summed E-state index contributed by atoms with van der Waals surface area (Å²) in [5, 5.41) is 12.8. The summed E-state index contributed by atoms with van der Waals surface area (Å²) >= 11 is 1.24. The Bertz CT molecular complexity index is 394. The maximum atomic E-state index is 14.1. The van der Waals surface area contributed by atoms with Crippen LogP contribution in [0.3, 0.4) is 0 Å². The Balaban J connectivity index is 2.15. The van der Waals surface area contributed by atoms with Gasteiger partial charge in [-0.25, -0.2) is 4.39 Å². The molecule has 94 valence electrons. The molecule has 1 saturated heterocycles. The number of nitrogens with zero attached hydrogens (tertiary/aromatic N) is 1. The van der Waals surface area contributed by atoms with E-state index in [0.29, 0.717) is 17.0 Å². The molecular formula is C12H17FN2OS. The van der Waals surface area contributed by atoms with E-state index >= 15 is 0 Å². The molecule has 0 saturated carbocycles. The maximum Gasteiger partial charge on any atom is 0.144 e. The molecular weight excluding hydrogens is 239 g/mol. The van der Waals surface area contributed by atoms with Gasteiger partial charge in [0.1, 0.15) is 11.6 Å². The van der Waals surface area contributed by atoms with Crippen LogP contribution in [0.5, 0.6) is 5.75 Å². The first-order valence-electron chi connectivity index (χ1n) is 5.69. The number of thioether (sulfide) groups is 1. The summed E-state index contributed by atoms with van der Waals surface area (Å²) in [7, 11) is 0. The van der Waals surface area contributed by atoms with E-state index in [2.05, 4.69) is 10.2 Å². The van der Waals surface area contributed by atoms with E-state index in [1.165, 1.54) is 11.8 Å². The summed E-state index contributed by atoms with van der Waals surface area (Å²) in [5.41, 5.74) is 0.661. The van der Waals surface area contributed by atoms with Gasteiger partial charge in [-0.1, -0.05) is 6.07 Å². The summed E-state index contributed by atoms with van der Waals surface area (Å²) < 4.78 is 14.1. The van der Waals surface area contributed by atoms with Gasteiger partial charge in [0.25, 0.3) is 0 Å². The molecule has 1 aromatic carbocycles. The molecule has 1 fully saturated rings. The van der Waals surface area contributed by atoms with Crippen LogP contribution in [0.4, 0.5) is 4.39 Å². The molecule has 5 heteroatoms. The molecule has 0 atom stereocenters. The zero-order valence-electron chi connectivity index (χ0n) is 9.87. The Kier molecular flexibility index (Phi) is 4.25. The number of aromatic hydroxyl groups is 1. The third-order valence-electron chi connectivity index (χ3n) is 2.96. The first-order chi connectivity index (χ1) is 8.22. The zero-order chi connectivity index (χ0) is 12.3. The number of phenolic OH excluding ortho intramolecular Hbond substituents is 1. The molecule has 1 aliphatic rings. The number of benzene rings is 1. The van der Waals surface area contributed by atoms with E-state index < -0.39 is 0 Å². The van der Waals surface area contributed by atoms with Gasteiger partial charge in [-0.05, 0) is 12.3 Å². The summed E-state index contributed by atoms with van der Waals surface area (Å²) in [6, 6.07) is 3.25. The van der Waals surface area contributed by atoms with Crippen LogP contribution in [0, 0.1) is 5.82 Å². The fourth-order valence-corrected chi connectivity index (χ4v) is 2.60. The predicted molar refractivity (Wildman–Crippen MR) is 68.0 cm³/mol. The van der Waals surface area contributed by atoms with Gasteiger partial charge < -0.3 is 10.4 Å². The predicted octanol–water partition coefficient (Wildman–Crippen LogP) is 1.66. The average molecular weight is 256 g/mol. The molecule has 1 aromatic rings. The third kappa shape index (κ3) is 2.91. The minimum absolute atomic E-state index is 0.0269. The van der Waals surface area contributed by atoms with Crippen molar-refractivity contribution in [2.45, 2.75) is 11.4 Å². The summed E-state index contributed by atoms with van der Waals surface area (Å²) in [6.45, 7) is 4.40. The van der Waals surface area contributed by atoms with Crippen LogP contribution < -0.4 is 5.32 Å². The Morgan fingerprint density at radius 3 is 2.76 bits per heavy atom. The Morgan fingerprint density at radius 2 is 2.12 bits per heavy atom. The highest BCUT2D eigenvalue weighted by Crippen LogP contribution is 2.31. The second-order valence-electron chi connectivity index (χ2n) is 4.12. The van der Waals surface area contributed by atoms with Gasteiger partial charge in [0.15, 0.2) is 0 Å². The molecule has 0 radical (unpaired) electrons. The van der Waals surface area contributed by atoms with E-state index in [0.717, 1.165) is 26.2 Å². The number of hydrogen-bond acceptors (Lipinski definition) is 4. The van der Waals surface area contributed by atoms with E-state index in [9.17, 15) is 9.50 Å². The highest BCUT2D eigenvalue weighted by atomic mass is 32.2. The van der Waals surface area contributed by atoms with Crippen LogP contribution in [0.15, 0.2) is 17.0 Å². The largest absolute Gasteiger partial charge is 0.507 e. The topological polar surface area (TPSA) is 35.5 Å². The van der Waals surface area contributed by atoms with Crippen LogP contribution in [-0.2, 0) is 6.54 Å². The van der Waals surface area contributed by atoms with Crippen molar-refractivity contribution in [3.63, 3.8) is 0 Å². The Labute approximate surface area is 105 Å².